The fourth-order valence-electron chi connectivity index (χ4n) is 4.11. The maximum atomic E-state index is 12.4. The number of ether oxygens (including phenoxy) is 1. The Morgan fingerprint density at radius 3 is 2.59 bits per heavy atom. The van der Waals surface area contributed by atoms with Gasteiger partial charge in [0.15, 0.2) is 6.61 Å². The molecule has 0 radical (unpaired) electrons. The maximum absolute atomic E-state index is 12.4. The first-order valence-electron chi connectivity index (χ1n) is 10.1. The Balaban J connectivity index is 1.56. The van der Waals surface area contributed by atoms with Crippen molar-refractivity contribution in [3.63, 3.8) is 0 Å². The van der Waals surface area contributed by atoms with Crippen LogP contribution in [0, 0.1) is 0 Å². The summed E-state index contributed by atoms with van der Waals surface area (Å²) in [7, 11) is 0. The van der Waals surface area contributed by atoms with Gasteiger partial charge in [-0.25, -0.2) is 0 Å². The lowest BCUT2D eigenvalue weighted by atomic mass is 9.96. The Hall–Kier alpha value is -3.40. The first kappa shape index (κ1) is 17.7. The Kier molecular flexibility index (Phi) is 4.60. The largest absolute Gasteiger partial charge is 0.484 e. The van der Waals surface area contributed by atoms with Crippen LogP contribution >= 0.6 is 0 Å². The van der Waals surface area contributed by atoms with Crippen molar-refractivity contribution in [2.45, 2.75) is 12.8 Å². The topological polar surface area (TPSA) is 42.4 Å². The number of rotatable bonds is 4. The number of pyridine rings is 1. The summed E-state index contributed by atoms with van der Waals surface area (Å²) in [5, 5.41) is 3.33. The summed E-state index contributed by atoms with van der Waals surface area (Å²) in [5.74, 6) is 0.767. The van der Waals surface area contributed by atoms with Gasteiger partial charge in [0.25, 0.3) is 5.91 Å². The number of likely N-dealkylation sites (tertiary alicyclic amines) is 1. The van der Waals surface area contributed by atoms with Crippen molar-refractivity contribution >= 4 is 27.6 Å². The summed E-state index contributed by atoms with van der Waals surface area (Å²) < 4.78 is 5.95. The highest BCUT2D eigenvalue weighted by Crippen LogP contribution is 2.36. The SMILES string of the molecule is O=C(COc1cc(-c2cccc3cccnc23)c2ccccc2c1)N1CCCC1. The zero-order valence-electron chi connectivity index (χ0n) is 16.2. The molecule has 144 valence electrons. The van der Waals surface area contributed by atoms with Crippen molar-refractivity contribution in [3.8, 4) is 16.9 Å². The standard InChI is InChI=1S/C25H22N2O2/c28-24(27-13-3-4-14-27)17-29-20-15-19-7-1-2-10-21(19)23(16-20)22-11-5-8-18-9-6-12-26-25(18)22/h1-2,5-12,15-16H,3-4,13-14,17H2. The summed E-state index contributed by atoms with van der Waals surface area (Å²) in [6.07, 6.45) is 3.99. The predicted octanol–water partition coefficient (Wildman–Crippen LogP) is 5.06. The Labute approximate surface area is 169 Å². The maximum Gasteiger partial charge on any atom is 0.260 e. The number of aromatic nitrogens is 1. The molecule has 0 bridgehead atoms. The van der Waals surface area contributed by atoms with E-state index in [4.69, 9.17) is 4.74 Å². The van der Waals surface area contributed by atoms with Crippen LogP contribution in [0.3, 0.4) is 0 Å². The van der Waals surface area contributed by atoms with Crippen LogP contribution in [0.4, 0.5) is 0 Å². The Morgan fingerprint density at radius 2 is 1.69 bits per heavy atom. The van der Waals surface area contributed by atoms with E-state index in [-0.39, 0.29) is 12.5 Å². The Bertz CT molecular complexity index is 1190. The molecule has 29 heavy (non-hydrogen) atoms. The highest BCUT2D eigenvalue weighted by Gasteiger charge is 2.18. The van der Waals surface area contributed by atoms with Gasteiger partial charge >= 0.3 is 0 Å². The van der Waals surface area contributed by atoms with E-state index in [1.807, 2.05) is 41.4 Å². The minimum absolute atomic E-state index is 0.0593. The van der Waals surface area contributed by atoms with Gasteiger partial charge in [-0.3, -0.25) is 9.78 Å². The van der Waals surface area contributed by atoms with E-state index in [2.05, 4.69) is 41.4 Å². The summed E-state index contributed by atoms with van der Waals surface area (Å²) >= 11 is 0. The molecule has 4 nitrogen and oxygen atoms in total. The van der Waals surface area contributed by atoms with Crippen LogP contribution in [0.15, 0.2) is 72.9 Å². The number of amides is 1. The first-order chi connectivity index (χ1) is 14.3. The number of nitrogens with zero attached hydrogens (tertiary/aromatic N) is 2. The quantitative estimate of drug-likeness (QED) is 0.496. The van der Waals surface area contributed by atoms with Gasteiger partial charge in [-0.2, -0.15) is 0 Å². The smallest absolute Gasteiger partial charge is 0.260 e. The molecule has 1 saturated heterocycles. The number of benzene rings is 3. The molecule has 5 rings (SSSR count). The molecule has 0 saturated carbocycles. The van der Waals surface area contributed by atoms with Gasteiger partial charge in [-0.05, 0) is 47.4 Å². The molecule has 0 unspecified atom stereocenters. The first-order valence-corrected chi connectivity index (χ1v) is 10.1. The highest BCUT2D eigenvalue weighted by molar-refractivity contribution is 6.04. The van der Waals surface area contributed by atoms with Crippen LogP contribution in [-0.4, -0.2) is 35.5 Å². The van der Waals surface area contributed by atoms with Gasteiger partial charge in [-0.15, -0.1) is 0 Å². The molecule has 4 heteroatoms. The van der Waals surface area contributed by atoms with E-state index in [9.17, 15) is 4.79 Å². The van der Waals surface area contributed by atoms with Gasteiger partial charge in [0.05, 0.1) is 5.52 Å². The third kappa shape index (κ3) is 3.42. The molecule has 1 aliphatic heterocycles. The molecule has 0 spiro atoms. The molecular weight excluding hydrogens is 360 g/mol. The van der Waals surface area contributed by atoms with Crippen LogP contribution < -0.4 is 4.74 Å². The van der Waals surface area contributed by atoms with E-state index >= 15 is 0 Å². The average molecular weight is 382 g/mol. The normalized spacial score (nSPS) is 13.9. The van der Waals surface area contributed by atoms with Crippen LogP contribution in [0.5, 0.6) is 5.75 Å². The predicted molar refractivity (Wildman–Crippen MR) is 116 cm³/mol. The minimum atomic E-state index is 0.0593. The zero-order chi connectivity index (χ0) is 19.6. The Morgan fingerprint density at radius 1 is 0.897 bits per heavy atom. The summed E-state index contributed by atoms with van der Waals surface area (Å²) in [5.41, 5.74) is 3.09. The number of carbonyl (C=O) groups excluding carboxylic acids is 1. The zero-order valence-corrected chi connectivity index (χ0v) is 16.2. The second-order valence-electron chi connectivity index (χ2n) is 7.45. The van der Waals surface area contributed by atoms with E-state index in [0.29, 0.717) is 5.75 Å². The van der Waals surface area contributed by atoms with E-state index in [1.165, 1.54) is 0 Å². The molecule has 1 amide bonds. The number of para-hydroxylation sites is 1. The monoisotopic (exact) mass is 382 g/mol. The van der Waals surface area contributed by atoms with Crippen LogP contribution in [0.1, 0.15) is 12.8 Å². The minimum Gasteiger partial charge on any atom is -0.484 e. The third-order valence-electron chi connectivity index (χ3n) is 5.58. The molecule has 0 N–H and O–H groups in total. The average Bonchev–Trinajstić information content (AvgIpc) is 3.32. The van der Waals surface area contributed by atoms with Crippen LogP contribution in [-0.2, 0) is 4.79 Å². The van der Waals surface area contributed by atoms with E-state index in [0.717, 1.165) is 58.7 Å². The number of fused-ring (bicyclic) bond motifs is 2. The lowest BCUT2D eigenvalue weighted by Crippen LogP contribution is -2.32. The lowest BCUT2D eigenvalue weighted by molar-refractivity contribution is -0.132. The fraction of sp³-hybridized carbons (Fsp3) is 0.200. The van der Waals surface area contributed by atoms with Gasteiger partial charge in [-0.1, -0.05) is 48.5 Å². The molecule has 0 atom stereocenters. The van der Waals surface area contributed by atoms with Crippen molar-refractivity contribution < 1.29 is 9.53 Å². The number of hydrogen-bond acceptors (Lipinski definition) is 3. The molecular formula is C25H22N2O2. The lowest BCUT2D eigenvalue weighted by Gasteiger charge is -2.17. The summed E-state index contributed by atoms with van der Waals surface area (Å²) in [4.78, 5) is 18.9. The number of carbonyl (C=O) groups is 1. The second-order valence-corrected chi connectivity index (χ2v) is 7.45. The fourth-order valence-corrected chi connectivity index (χ4v) is 4.11. The number of hydrogen-bond donors (Lipinski definition) is 0. The molecule has 3 aromatic carbocycles. The van der Waals surface area contributed by atoms with Crippen molar-refractivity contribution in [1.29, 1.82) is 0 Å². The third-order valence-corrected chi connectivity index (χ3v) is 5.58. The summed E-state index contributed by atoms with van der Waals surface area (Å²) in [6.45, 7) is 1.76. The molecule has 1 fully saturated rings. The summed E-state index contributed by atoms with van der Waals surface area (Å²) in [6, 6.07) is 22.5. The molecule has 1 aromatic heterocycles. The van der Waals surface area contributed by atoms with E-state index in [1.54, 1.807) is 0 Å². The van der Waals surface area contributed by atoms with Gasteiger partial charge in [0.2, 0.25) is 0 Å². The van der Waals surface area contributed by atoms with Gasteiger partial charge in [0, 0.05) is 30.2 Å². The van der Waals surface area contributed by atoms with Gasteiger partial charge in [0.1, 0.15) is 5.75 Å². The second kappa shape index (κ2) is 7.55. The molecule has 1 aliphatic rings. The van der Waals surface area contributed by atoms with Crippen molar-refractivity contribution in [3.05, 3.63) is 72.9 Å². The van der Waals surface area contributed by atoms with Crippen LogP contribution in [0.2, 0.25) is 0 Å². The van der Waals surface area contributed by atoms with Gasteiger partial charge < -0.3 is 9.64 Å². The molecule has 4 aromatic rings. The molecule has 2 heterocycles. The highest BCUT2D eigenvalue weighted by atomic mass is 16.5. The van der Waals surface area contributed by atoms with Crippen molar-refractivity contribution in [1.82, 2.24) is 9.88 Å². The van der Waals surface area contributed by atoms with Crippen molar-refractivity contribution in [2.75, 3.05) is 19.7 Å². The van der Waals surface area contributed by atoms with Crippen LogP contribution in [0.25, 0.3) is 32.8 Å². The molecule has 0 aliphatic carbocycles. The van der Waals surface area contributed by atoms with E-state index < -0.39 is 0 Å². The van der Waals surface area contributed by atoms with Crippen molar-refractivity contribution in [2.24, 2.45) is 0 Å².